The minimum absolute atomic E-state index is 0.160. The fourth-order valence-corrected chi connectivity index (χ4v) is 0.770. The molecule has 1 aliphatic rings. The van der Waals surface area contributed by atoms with Gasteiger partial charge in [0.2, 0.25) is 0 Å². The van der Waals surface area contributed by atoms with Crippen molar-refractivity contribution in [3.8, 4) is 0 Å². The van der Waals surface area contributed by atoms with E-state index in [-0.39, 0.29) is 5.92 Å². The standard InChI is InChI=1S/C5H9NO3/c6-9-4(5(7)8)3-1-2-3/h3-4H,1-2,6H2,(H,7,8). The lowest BCUT2D eigenvalue weighted by atomic mass is 10.2. The first-order chi connectivity index (χ1) is 4.25. The summed E-state index contributed by atoms with van der Waals surface area (Å²) in [5.74, 6) is 3.94. The van der Waals surface area contributed by atoms with Gasteiger partial charge in [0.15, 0.2) is 6.10 Å². The second-order valence-corrected chi connectivity index (χ2v) is 2.23. The van der Waals surface area contributed by atoms with Crippen molar-refractivity contribution in [3.63, 3.8) is 0 Å². The van der Waals surface area contributed by atoms with E-state index in [9.17, 15) is 4.79 Å². The quantitative estimate of drug-likeness (QED) is 0.517. The highest BCUT2D eigenvalue weighted by atomic mass is 16.6. The molecule has 1 unspecified atom stereocenters. The lowest BCUT2D eigenvalue weighted by Gasteiger charge is -2.05. The van der Waals surface area contributed by atoms with Gasteiger partial charge in [-0.25, -0.2) is 10.7 Å². The molecule has 4 heteroatoms. The van der Waals surface area contributed by atoms with Crippen molar-refractivity contribution in [1.29, 1.82) is 0 Å². The van der Waals surface area contributed by atoms with Crippen LogP contribution in [0.1, 0.15) is 12.8 Å². The normalized spacial score (nSPS) is 21.4. The van der Waals surface area contributed by atoms with Gasteiger partial charge < -0.3 is 5.11 Å². The molecule has 0 aromatic carbocycles. The fraction of sp³-hybridized carbons (Fsp3) is 0.800. The molecular weight excluding hydrogens is 122 g/mol. The molecule has 52 valence electrons. The molecule has 9 heavy (non-hydrogen) atoms. The maximum Gasteiger partial charge on any atom is 0.335 e. The molecule has 0 saturated heterocycles. The minimum Gasteiger partial charge on any atom is -0.479 e. The molecular formula is C5H9NO3. The van der Waals surface area contributed by atoms with Crippen LogP contribution in [0.2, 0.25) is 0 Å². The molecule has 1 saturated carbocycles. The van der Waals surface area contributed by atoms with Gasteiger partial charge in [-0.05, 0) is 18.8 Å². The van der Waals surface area contributed by atoms with Crippen LogP contribution in [-0.2, 0) is 9.63 Å². The maximum atomic E-state index is 10.2. The summed E-state index contributed by atoms with van der Waals surface area (Å²) < 4.78 is 0. The monoisotopic (exact) mass is 131 g/mol. The van der Waals surface area contributed by atoms with Crippen LogP contribution in [0.4, 0.5) is 0 Å². The lowest BCUT2D eigenvalue weighted by molar-refractivity contribution is -0.152. The molecule has 4 nitrogen and oxygen atoms in total. The third kappa shape index (κ3) is 1.40. The Bertz CT molecular complexity index is 121. The topological polar surface area (TPSA) is 72.5 Å². The zero-order valence-corrected chi connectivity index (χ0v) is 4.91. The highest BCUT2D eigenvalue weighted by Crippen LogP contribution is 2.33. The summed E-state index contributed by atoms with van der Waals surface area (Å²) in [7, 11) is 0. The highest BCUT2D eigenvalue weighted by molar-refractivity contribution is 5.73. The Hall–Kier alpha value is -0.610. The van der Waals surface area contributed by atoms with Crippen LogP contribution in [0.15, 0.2) is 0 Å². The number of rotatable bonds is 3. The Labute approximate surface area is 52.6 Å². The van der Waals surface area contributed by atoms with Crippen molar-refractivity contribution in [1.82, 2.24) is 0 Å². The van der Waals surface area contributed by atoms with Crippen LogP contribution < -0.4 is 5.90 Å². The van der Waals surface area contributed by atoms with Gasteiger partial charge in [0.1, 0.15) is 0 Å². The molecule has 1 aliphatic carbocycles. The molecule has 0 aromatic heterocycles. The zero-order valence-electron chi connectivity index (χ0n) is 4.91. The van der Waals surface area contributed by atoms with Gasteiger partial charge in [-0.2, -0.15) is 0 Å². The van der Waals surface area contributed by atoms with Crippen LogP contribution >= 0.6 is 0 Å². The van der Waals surface area contributed by atoms with E-state index in [1.165, 1.54) is 0 Å². The zero-order chi connectivity index (χ0) is 6.85. The predicted octanol–water partition coefficient (Wildman–Crippen LogP) is -0.260. The van der Waals surface area contributed by atoms with Crippen LogP contribution in [0.5, 0.6) is 0 Å². The Balaban J connectivity index is 2.37. The molecule has 3 N–H and O–H groups in total. The van der Waals surface area contributed by atoms with Crippen molar-refractivity contribution >= 4 is 5.97 Å². The molecule has 0 amide bonds. The number of nitrogens with two attached hydrogens (primary N) is 1. The van der Waals surface area contributed by atoms with Gasteiger partial charge in [0, 0.05) is 0 Å². The Morgan fingerprint density at radius 1 is 1.78 bits per heavy atom. The van der Waals surface area contributed by atoms with E-state index >= 15 is 0 Å². The van der Waals surface area contributed by atoms with Crippen LogP contribution in [0, 0.1) is 5.92 Å². The smallest absolute Gasteiger partial charge is 0.335 e. The number of carboxylic acid groups (broad SMARTS) is 1. The van der Waals surface area contributed by atoms with Gasteiger partial charge >= 0.3 is 5.97 Å². The maximum absolute atomic E-state index is 10.2. The van der Waals surface area contributed by atoms with Crippen LogP contribution in [-0.4, -0.2) is 17.2 Å². The van der Waals surface area contributed by atoms with Crippen molar-refractivity contribution in [2.75, 3.05) is 0 Å². The SMILES string of the molecule is NOC(C(=O)O)C1CC1. The third-order valence-electron chi connectivity index (χ3n) is 1.44. The van der Waals surface area contributed by atoms with E-state index in [0.29, 0.717) is 0 Å². The first-order valence-corrected chi connectivity index (χ1v) is 2.84. The van der Waals surface area contributed by atoms with Crippen molar-refractivity contribution < 1.29 is 14.7 Å². The molecule has 0 aromatic rings. The first-order valence-electron chi connectivity index (χ1n) is 2.84. The summed E-state index contributed by atoms with van der Waals surface area (Å²) in [6.07, 6.45) is 1.08. The number of hydrogen-bond acceptors (Lipinski definition) is 3. The second kappa shape index (κ2) is 2.33. The van der Waals surface area contributed by atoms with Gasteiger partial charge in [-0.15, -0.1) is 0 Å². The number of hydrogen-bond donors (Lipinski definition) is 2. The number of carboxylic acids is 1. The van der Waals surface area contributed by atoms with Crippen molar-refractivity contribution in [2.45, 2.75) is 18.9 Å². The fourth-order valence-electron chi connectivity index (χ4n) is 0.770. The molecule has 0 radical (unpaired) electrons. The summed E-state index contributed by atoms with van der Waals surface area (Å²) >= 11 is 0. The summed E-state index contributed by atoms with van der Waals surface area (Å²) in [6, 6.07) is 0. The largest absolute Gasteiger partial charge is 0.479 e. The third-order valence-corrected chi connectivity index (χ3v) is 1.44. The highest BCUT2D eigenvalue weighted by Gasteiger charge is 2.36. The van der Waals surface area contributed by atoms with E-state index in [1.807, 2.05) is 0 Å². The minimum atomic E-state index is -0.958. The summed E-state index contributed by atoms with van der Waals surface area (Å²) in [6.45, 7) is 0. The van der Waals surface area contributed by atoms with Gasteiger partial charge in [0.05, 0.1) is 0 Å². The van der Waals surface area contributed by atoms with E-state index in [0.717, 1.165) is 12.8 Å². The summed E-state index contributed by atoms with van der Waals surface area (Å²) in [5.41, 5.74) is 0. The van der Waals surface area contributed by atoms with E-state index in [4.69, 9.17) is 11.0 Å². The van der Waals surface area contributed by atoms with Crippen molar-refractivity contribution in [2.24, 2.45) is 11.8 Å². The molecule has 0 aliphatic heterocycles. The van der Waals surface area contributed by atoms with Gasteiger partial charge in [-0.3, -0.25) is 4.84 Å². The summed E-state index contributed by atoms with van der Waals surface area (Å²) in [5, 5.41) is 8.38. The first kappa shape index (κ1) is 6.51. The van der Waals surface area contributed by atoms with E-state index < -0.39 is 12.1 Å². The Kier molecular flexibility index (Phi) is 1.68. The number of carbonyl (C=O) groups is 1. The van der Waals surface area contributed by atoms with Gasteiger partial charge in [-0.1, -0.05) is 0 Å². The number of aliphatic carboxylic acids is 1. The van der Waals surface area contributed by atoms with Crippen LogP contribution in [0.25, 0.3) is 0 Å². The molecule has 0 bridgehead atoms. The van der Waals surface area contributed by atoms with Crippen molar-refractivity contribution in [3.05, 3.63) is 0 Å². The Morgan fingerprint density at radius 3 is 2.44 bits per heavy atom. The predicted molar refractivity (Wildman–Crippen MR) is 29.4 cm³/mol. The summed E-state index contributed by atoms with van der Waals surface area (Å²) in [4.78, 5) is 14.4. The molecule has 0 spiro atoms. The molecule has 0 heterocycles. The lowest BCUT2D eigenvalue weighted by Crippen LogP contribution is -2.28. The van der Waals surface area contributed by atoms with Crippen LogP contribution in [0.3, 0.4) is 0 Å². The Morgan fingerprint density at radius 2 is 2.33 bits per heavy atom. The van der Waals surface area contributed by atoms with E-state index in [1.54, 1.807) is 0 Å². The van der Waals surface area contributed by atoms with Gasteiger partial charge in [0.25, 0.3) is 0 Å². The molecule has 1 rings (SSSR count). The average Bonchev–Trinajstić information content (AvgIpc) is 2.50. The molecule has 1 atom stereocenters. The molecule has 1 fully saturated rings. The van der Waals surface area contributed by atoms with E-state index in [2.05, 4.69) is 4.84 Å². The average molecular weight is 131 g/mol. The second-order valence-electron chi connectivity index (χ2n) is 2.23.